The van der Waals surface area contributed by atoms with Gasteiger partial charge in [0.25, 0.3) is 8.32 Å². The number of hydrogen-bond donors (Lipinski definition) is 2. The molecule has 7 nitrogen and oxygen atoms in total. The molecule has 1 aliphatic heterocycles. The number of carbonyl (C=O) groups is 2. The van der Waals surface area contributed by atoms with Gasteiger partial charge in [-0.25, -0.2) is 14.0 Å². The van der Waals surface area contributed by atoms with Gasteiger partial charge < -0.3 is 24.5 Å². The van der Waals surface area contributed by atoms with Crippen molar-refractivity contribution in [1.29, 1.82) is 0 Å². The third-order valence-corrected chi connectivity index (χ3v) is 12.9. The highest BCUT2D eigenvalue weighted by Gasteiger charge is 2.51. The fourth-order valence-corrected chi connectivity index (χ4v) is 10.2. The van der Waals surface area contributed by atoms with Crippen molar-refractivity contribution in [2.24, 2.45) is 0 Å². The average molecular weight is 633 g/mol. The van der Waals surface area contributed by atoms with Crippen LogP contribution in [-0.2, 0) is 4.43 Å². The number of alkyl halides is 3. The number of likely N-dealkylation sites (tertiary alicyclic amines) is 1. The Morgan fingerprint density at radius 3 is 2.09 bits per heavy atom. The Bertz CT molecular complexity index is 1430. The first-order chi connectivity index (χ1) is 20.6. The van der Waals surface area contributed by atoms with Crippen molar-refractivity contribution in [2.45, 2.75) is 63.9 Å². The fraction of sp³-hybridized carbons (Fsp3) is 0.375. The molecule has 1 heterocycles. The summed E-state index contributed by atoms with van der Waals surface area (Å²) in [5.74, 6) is -3.51. The van der Waals surface area contributed by atoms with E-state index < -0.39 is 55.4 Å². The number of anilines is 1. The molecule has 1 aliphatic rings. The largest absolute Gasteiger partial charge is 0.480 e. The first-order valence-electron chi connectivity index (χ1n) is 14.3. The van der Waals surface area contributed by atoms with E-state index >= 15 is 0 Å². The number of urea groups is 1. The minimum absolute atomic E-state index is 0.207. The summed E-state index contributed by atoms with van der Waals surface area (Å²) >= 11 is 0. The first kappa shape index (κ1) is 33.0. The molecule has 3 aromatic rings. The molecule has 0 radical (unpaired) electrons. The van der Waals surface area contributed by atoms with Gasteiger partial charge in [-0.3, -0.25) is 0 Å². The highest BCUT2D eigenvalue weighted by Crippen LogP contribution is 2.38. The molecule has 0 spiro atoms. The van der Waals surface area contributed by atoms with E-state index in [4.69, 9.17) is 9.16 Å². The van der Waals surface area contributed by atoms with Gasteiger partial charge in [0, 0.05) is 12.6 Å². The van der Waals surface area contributed by atoms with E-state index in [1.807, 2.05) is 36.4 Å². The third kappa shape index (κ3) is 6.91. The Morgan fingerprint density at radius 1 is 1.02 bits per heavy atom. The van der Waals surface area contributed by atoms with Crippen molar-refractivity contribution in [3.8, 4) is 5.75 Å². The minimum atomic E-state index is -4.79. The molecule has 4 rings (SSSR count). The lowest BCUT2D eigenvalue weighted by atomic mass is 10.1. The van der Waals surface area contributed by atoms with Crippen LogP contribution >= 0.6 is 0 Å². The van der Waals surface area contributed by atoms with Crippen LogP contribution in [0, 0.1) is 5.82 Å². The second-order valence-electron chi connectivity index (χ2n) is 11.8. The van der Waals surface area contributed by atoms with Crippen molar-refractivity contribution in [2.75, 3.05) is 18.5 Å². The first-order valence-corrected chi connectivity index (χ1v) is 16.2. The van der Waals surface area contributed by atoms with Crippen molar-refractivity contribution >= 4 is 36.4 Å². The summed E-state index contributed by atoms with van der Waals surface area (Å²) in [4.78, 5) is 26.5. The normalized spacial score (nSPS) is 16.5. The molecular formula is C32H36F4N2O5Si. The maximum Gasteiger partial charge on any atom is 0.425 e. The number of ether oxygens (including phenoxy) is 1. The molecule has 0 bridgehead atoms. The SMILES string of the molecule is C[C@H](Oc1cc(NC(=O)N2CCC[C@@H]2CO[Si](c2ccccc2)(c2ccccc2)C(C)(C)C)c(F)cc1C(=O)O)C(F)(F)F. The van der Waals surface area contributed by atoms with E-state index in [2.05, 4.69) is 50.4 Å². The predicted molar refractivity (Wildman–Crippen MR) is 162 cm³/mol. The van der Waals surface area contributed by atoms with Gasteiger partial charge >= 0.3 is 18.2 Å². The van der Waals surface area contributed by atoms with Crippen molar-refractivity contribution in [3.63, 3.8) is 0 Å². The lowest BCUT2D eigenvalue weighted by Gasteiger charge is -2.44. The van der Waals surface area contributed by atoms with E-state index in [1.165, 1.54) is 4.90 Å². The number of amides is 2. The van der Waals surface area contributed by atoms with Crippen LogP contribution < -0.4 is 20.4 Å². The summed E-state index contributed by atoms with van der Waals surface area (Å²) in [6, 6.07) is 20.3. The van der Waals surface area contributed by atoms with E-state index in [9.17, 15) is 32.3 Å². The van der Waals surface area contributed by atoms with Gasteiger partial charge in [0.05, 0.1) is 18.3 Å². The maximum absolute atomic E-state index is 14.9. The van der Waals surface area contributed by atoms with E-state index in [0.29, 0.717) is 32.4 Å². The highest BCUT2D eigenvalue weighted by molar-refractivity contribution is 6.99. The molecule has 0 unspecified atom stereocenters. The standard InChI is InChI=1S/C32H36F4N2O5Si/c1-21(32(34,35)36)43-28-19-27(26(33)18-25(28)29(39)40)37-30(41)38-17-11-12-22(38)20-42-44(31(2,3)4,23-13-7-5-8-14-23)24-15-9-6-10-16-24/h5-10,13-16,18-19,21-22H,11-12,17,20H2,1-4H3,(H,37,41)(H,39,40)/t21-,22+/m0/s1. The number of halogens is 4. The number of rotatable bonds is 9. The monoisotopic (exact) mass is 632 g/mol. The molecule has 12 heteroatoms. The zero-order chi connectivity index (χ0) is 32.3. The summed E-state index contributed by atoms with van der Waals surface area (Å²) in [6.07, 6.45) is -5.86. The van der Waals surface area contributed by atoms with Crippen LogP contribution in [0.2, 0.25) is 5.04 Å². The molecule has 236 valence electrons. The van der Waals surface area contributed by atoms with Crippen LogP contribution in [0.3, 0.4) is 0 Å². The lowest BCUT2D eigenvalue weighted by molar-refractivity contribution is -0.189. The Hall–Kier alpha value is -3.90. The number of benzene rings is 3. The zero-order valence-corrected chi connectivity index (χ0v) is 26.0. The number of aromatic carboxylic acids is 1. The van der Waals surface area contributed by atoms with Gasteiger partial charge in [-0.05, 0) is 41.2 Å². The molecule has 0 aliphatic carbocycles. The van der Waals surface area contributed by atoms with E-state index in [-0.39, 0.29) is 17.7 Å². The Morgan fingerprint density at radius 2 is 1.59 bits per heavy atom. The number of carboxylic acid groups (broad SMARTS) is 1. The van der Waals surface area contributed by atoms with Crippen molar-refractivity contribution < 1.29 is 41.4 Å². The summed E-state index contributed by atoms with van der Waals surface area (Å²) in [7, 11) is -2.90. The molecular weight excluding hydrogens is 596 g/mol. The molecule has 44 heavy (non-hydrogen) atoms. The van der Waals surface area contributed by atoms with Crippen molar-refractivity contribution in [3.05, 3.63) is 84.2 Å². The van der Waals surface area contributed by atoms with Crippen LogP contribution in [0.25, 0.3) is 0 Å². The predicted octanol–water partition coefficient (Wildman–Crippen LogP) is 6.43. The second-order valence-corrected chi connectivity index (χ2v) is 16.1. The summed E-state index contributed by atoms with van der Waals surface area (Å²) < 4.78 is 66.1. The number of hydrogen-bond acceptors (Lipinski definition) is 4. The Kier molecular flexibility index (Phi) is 9.74. The minimum Gasteiger partial charge on any atom is -0.480 e. The number of carboxylic acids is 1. The molecule has 2 atom stereocenters. The third-order valence-electron chi connectivity index (χ3n) is 7.85. The van der Waals surface area contributed by atoms with Crippen LogP contribution in [-0.4, -0.2) is 61.8 Å². The fourth-order valence-electron chi connectivity index (χ4n) is 5.62. The molecule has 1 fully saturated rings. The zero-order valence-electron chi connectivity index (χ0n) is 25.0. The molecule has 2 N–H and O–H groups in total. The topological polar surface area (TPSA) is 88.1 Å². The van der Waals surface area contributed by atoms with Crippen molar-refractivity contribution in [1.82, 2.24) is 4.90 Å². The Labute approximate surface area is 254 Å². The van der Waals surface area contributed by atoms with Gasteiger partial charge in [0.1, 0.15) is 17.1 Å². The summed E-state index contributed by atoms with van der Waals surface area (Å²) in [5.41, 5.74) is -1.29. The smallest absolute Gasteiger partial charge is 0.425 e. The summed E-state index contributed by atoms with van der Waals surface area (Å²) in [5, 5.41) is 13.7. The average Bonchev–Trinajstić information content (AvgIpc) is 3.43. The van der Waals surface area contributed by atoms with Gasteiger partial charge in [-0.2, -0.15) is 13.2 Å². The Balaban J connectivity index is 1.60. The van der Waals surface area contributed by atoms with Crippen LogP contribution in [0.4, 0.5) is 28.0 Å². The number of carbonyl (C=O) groups excluding carboxylic acids is 1. The van der Waals surface area contributed by atoms with E-state index in [1.54, 1.807) is 0 Å². The molecule has 3 aromatic carbocycles. The van der Waals surface area contributed by atoms with Crippen LogP contribution in [0.1, 0.15) is 50.9 Å². The highest BCUT2D eigenvalue weighted by atomic mass is 28.4. The van der Waals surface area contributed by atoms with Gasteiger partial charge in [0.15, 0.2) is 6.10 Å². The van der Waals surface area contributed by atoms with Crippen LogP contribution in [0.15, 0.2) is 72.8 Å². The molecule has 0 aromatic heterocycles. The number of nitrogens with zero attached hydrogens (tertiary/aromatic N) is 1. The molecule has 1 saturated heterocycles. The van der Waals surface area contributed by atoms with Crippen LogP contribution in [0.5, 0.6) is 5.75 Å². The molecule has 2 amide bonds. The van der Waals surface area contributed by atoms with Gasteiger partial charge in [-0.15, -0.1) is 0 Å². The quantitative estimate of drug-likeness (QED) is 0.210. The maximum atomic E-state index is 14.9. The van der Waals surface area contributed by atoms with E-state index in [0.717, 1.165) is 16.4 Å². The second kappa shape index (κ2) is 13.0. The molecule has 0 saturated carbocycles. The summed E-state index contributed by atoms with van der Waals surface area (Å²) in [6.45, 7) is 7.68. The lowest BCUT2D eigenvalue weighted by Crippen LogP contribution is -2.67. The number of nitrogens with one attached hydrogen (secondary N) is 1. The van der Waals surface area contributed by atoms with Gasteiger partial charge in [0.2, 0.25) is 0 Å². The van der Waals surface area contributed by atoms with Gasteiger partial charge in [-0.1, -0.05) is 81.4 Å².